The molecule has 0 aromatic heterocycles. The molecule has 4 bridgehead atoms. The summed E-state index contributed by atoms with van der Waals surface area (Å²) in [5.74, 6) is -1.72. The summed E-state index contributed by atoms with van der Waals surface area (Å²) >= 11 is 3.55. The minimum Gasteiger partial charge on any atom is -0.274 e. The molecule has 0 saturated carbocycles. The Labute approximate surface area is 240 Å². The van der Waals surface area contributed by atoms with Gasteiger partial charge in [0.2, 0.25) is 11.8 Å². The molecule has 5 heteroatoms. The lowest BCUT2D eigenvalue weighted by molar-refractivity contribution is -0.122. The maximum absolute atomic E-state index is 14.8. The van der Waals surface area contributed by atoms with Gasteiger partial charge >= 0.3 is 0 Å². The van der Waals surface area contributed by atoms with Crippen LogP contribution in [0.2, 0.25) is 0 Å². The summed E-state index contributed by atoms with van der Waals surface area (Å²) in [6, 6.07) is 38.3. The Balaban J connectivity index is 1.41. The molecular formula is C35H23BrN2O2. The molecule has 6 aliphatic rings. The number of carbonyl (C=O) groups excluding carboxylic acids is 2. The largest absolute Gasteiger partial charge is 0.274 e. The second-order valence-corrected chi connectivity index (χ2v) is 11.7. The molecule has 1 fully saturated rings. The average molecular weight is 583 g/mol. The standard InChI is InChI=1S/C35H23BrN2O2/c36-24-9-6-10-25(19-24)37-20-35-23-17-15-22(16-18-23)30(27-12-3-4-13-28(27)35)31-32(35)34(40)38(33(31)39)29-14-5-8-21-7-1-2-11-26(21)29/h1-20,30-32H/t30-,31+,32+,35-/m0/s1. The predicted molar refractivity (Wildman–Crippen MR) is 161 cm³/mol. The number of benzene rings is 5. The second-order valence-electron chi connectivity index (χ2n) is 10.8. The van der Waals surface area contributed by atoms with Gasteiger partial charge in [0.05, 0.1) is 28.6 Å². The van der Waals surface area contributed by atoms with Crippen molar-refractivity contribution < 1.29 is 9.59 Å². The lowest BCUT2D eigenvalue weighted by Gasteiger charge is -2.48. The Kier molecular flexibility index (Phi) is 5.04. The molecule has 11 rings (SSSR count). The van der Waals surface area contributed by atoms with Crippen LogP contribution in [0.4, 0.5) is 11.4 Å². The van der Waals surface area contributed by atoms with E-state index in [0.717, 1.165) is 43.2 Å². The summed E-state index contributed by atoms with van der Waals surface area (Å²) in [6.45, 7) is 0. The van der Waals surface area contributed by atoms with Crippen LogP contribution < -0.4 is 4.90 Å². The number of hydrogen-bond donors (Lipinski definition) is 0. The topological polar surface area (TPSA) is 49.7 Å². The number of fused-ring (bicyclic) bond motifs is 1. The number of anilines is 1. The van der Waals surface area contributed by atoms with Crippen LogP contribution in [0.5, 0.6) is 0 Å². The molecule has 1 heterocycles. The van der Waals surface area contributed by atoms with Gasteiger partial charge in [-0.15, -0.1) is 0 Å². The average Bonchev–Trinajstić information content (AvgIpc) is 3.23. The van der Waals surface area contributed by atoms with Gasteiger partial charge in [-0.05, 0) is 51.9 Å². The first kappa shape index (κ1) is 23.5. The molecule has 0 spiro atoms. The highest BCUT2D eigenvalue weighted by molar-refractivity contribution is 9.10. The van der Waals surface area contributed by atoms with E-state index >= 15 is 0 Å². The normalized spacial score (nSPS) is 24.4. The van der Waals surface area contributed by atoms with Crippen LogP contribution in [0.1, 0.15) is 28.2 Å². The van der Waals surface area contributed by atoms with E-state index in [-0.39, 0.29) is 17.7 Å². The van der Waals surface area contributed by atoms with E-state index in [4.69, 9.17) is 4.99 Å². The Morgan fingerprint density at radius 2 is 1.52 bits per heavy atom. The zero-order valence-electron chi connectivity index (χ0n) is 21.4. The molecular weight excluding hydrogens is 560 g/mol. The van der Waals surface area contributed by atoms with E-state index in [0.29, 0.717) is 5.69 Å². The van der Waals surface area contributed by atoms with E-state index in [9.17, 15) is 9.59 Å². The van der Waals surface area contributed by atoms with Gasteiger partial charge in [-0.25, -0.2) is 4.90 Å². The third kappa shape index (κ3) is 3.10. The van der Waals surface area contributed by atoms with Gasteiger partial charge in [0.25, 0.3) is 0 Å². The van der Waals surface area contributed by atoms with Crippen molar-refractivity contribution in [1.82, 2.24) is 0 Å². The third-order valence-electron chi connectivity index (χ3n) is 8.92. The van der Waals surface area contributed by atoms with Crippen molar-refractivity contribution >= 4 is 56.1 Å². The smallest absolute Gasteiger partial charge is 0.239 e. The SMILES string of the molecule is O=C1[C@@H]2[C@H]3c4ccc(cc4)[C@@](C=Nc4cccc(Br)c4)(c4ccccc43)[C@H]2C(=O)N1c1cccc2ccccc12. The van der Waals surface area contributed by atoms with Crippen LogP contribution in [0.25, 0.3) is 10.8 Å². The Morgan fingerprint density at radius 3 is 2.38 bits per heavy atom. The molecule has 40 heavy (non-hydrogen) atoms. The number of imide groups is 1. The molecule has 5 aliphatic carbocycles. The number of nitrogens with zero attached hydrogens (tertiary/aromatic N) is 2. The first-order chi connectivity index (χ1) is 19.6. The molecule has 0 N–H and O–H groups in total. The lowest BCUT2D eigenvalue weighted by Crippen LogP contribution is -2.51. The number of aliphatic imine (C=N–C) groups is 1. The highest BCUT2D eigenvalue weighted by atomic mass is 79.9. The van der Waals surface area contributed by atoms with E-state index in [1.165, 1.54) is 4.90 Å². The van der Waals surface area contributed by atoms with Crippen molar-refractivity contribution in [2.75, 3.05) is 4.90 Å². The number of rotatable bonds is 3. The van der Waals surface area contributed by atoms with Gasteiger partial charge in [0.15, 0.2) is 0 Å². The highest BCUT2D eigenvalue weighted by Gasteiger charge is 2.65. The van der Waals surface area contributed by atoms with Crippen molar-refractivity contribution in [3.63, 3.8) is 0 Å². The molecule has 5 aromatic rings. The summed E-state index contributed by atoms with van der Waals surface area (Å²) in [5, 5.41) is 1.89. The van der Waals surface area contributed by atoms with Crippen LogP contribution in [-0.4, -0.2) is 18.0 Å². The maximum Gasteiger partial charge on any atom is 0.239 e. The van der Waals surface area contributed by atoms with Crippen molar-refractivity contribution in [2.24, 2.45) is 16.8 Å². The third-order valence-corrected chi connectivity index (χ3v) is 9.42. The van der Waals surface area contributed by atoms with Gasteiger partial charge in [-0.1, -0.05) is 107 Å². The minimum absolute atomic E-state index is 0.145. The molecule has 5 aromatic carbocycles. The van der Waals surface area contributed by atoms with Crippen LogP contribution >= 0.6 is 15.9 Å². The zero-order chi connectivity index (χ0) is 27.0. The number of amides is 2. The fraction of sp³-hybridized carbons (Fsp3) is 0.114. The lowest BCUT2D eigenvalue weighted by atomic mass is 9.52. The maximum atomic E-state index is 14.8. The van der Waals surface area contributed by atoms with Crippen LogP contribution in [0, 0.1) is 11.8 Å². The molecule has 1 aliphatic heterocycles. The van der Waals surface area contributed by atoms with Gasteiger partial charge in [0, 0.05) is 22.0 Å². The molecule has 1 saturated heterocycles. The first-order valence-corrected chi connectivity index (χ1v) is 14.2. The predicted octanol–water partition coefficient (Wildman–Crippen LogP) is 7.56. The van der Waals surface area contributed by atoms with Crippen LogP contribution in [-0.2, 0) is 15.0 Å². The Bertz CT molecular complexity index is 1890. The summed E-state index contributed by atoms with van der Waals surface area (Å²) in [6.07, 6.45) is 1.93. The van der Waals surface area contributed by atoms with E-state index in [1.807, 2.05) is 85.1 Å². The zero-order valence-corrected chi connectivity index (χ0v) is 23.0. The van der Waals surface area contributed by atoms with Crippen molar-refractivity contribution in [2.45, 2.75) is 11.3 Å². The van der Waals surface area contributed by atoms with Crippen LogP contribution in [0.15, 0.2) is 125 Å². The van der Waals surface area contributed by atoms with E-state index in [2.05, 4.69) is 52.3 Å². The molecule has 192 valence electrons. The molecule has 0 radical (unpaired) electrons. The number of carbonyl (C=O) groups is 2. The molecule has 2 amide bonds. The van der Waals surface area contributed by atoms with Gasteiger partial charge in [-0.3, -0.25) is 14.6 Å². The quantitative estimate of drug-likeness (QED) is 0.163. The fourth-order valence-electron chi connectivity index (χ4n) is 7.30. The van der Waals surface area contributed by atoms with E-state index < -0.39 is 17.3 Å². The van der Waals surface area contributed by atoms with Crippen molar-refractivity contribution in [3.05, 3.63) is 142 Å². The van der Waals surface area contributed by atoms with E-state index in [1.54, 1.807) is 0 Å². The molecule has 0 unspecified atom stereocenters. The van der Waals surface area contributed by atoms with Gasteiger partial charge in [-0.2, -0.15) is 0 Å². The monoisotopic (exact) mass is 582 g/mol. The van der Waals surface area contributed by atoms with Gasteiger partial charge < -0.3 is 0 Å². The first-order valence-electron chi connectivity index (χ1n) is 13.4. The van der Waals surface area contributed by atoms with Gasteiger partial charge in [0.1, 0.15) is 0 Å². The van der Waals surface area contributed by atoms with Crippen LogP contribution in [0.3, 0.4) is 0 Å². The number of halogens is 1. The summed E-state index contributed by atoms with van der Waals surface area (Å²) in [7, 11) is 0. The molecule has 4 nitrogen and oxygen atoms in total. The minimum atomic E-state index is -0.912. The Hall–Kier alpha value is -4.35. The summed E-state index contributed by atoms with van der Waals surface area (Å²) in [5.41, 5.74) is 4.67. The Morgan fingerprint density at radius 1 is 0.775 bits per heavy atom. The van der Waals surface area contributed by atoms with Crippen molar-refractivity contribution in [3.8, 4) is 0 Å². The van der Waals surface area contributed by atoms with Crippen molar-refractivity contribution in [1.29, 1.82) is 0 Å². The number of hydrogen-bond acceptors (Lipinski definition) is 3. The summed E-state index contributed by atoms with van der Waals surface area (Å²) in [4.78, 5) is 35.8. The molecule has 4 atom stereocenters. The fourth-order valence-corrected chi connectivity index (χ4v) is 7.69. The summed E-state index contributed by atoms with van der Waals surface area (Å²) < 4.78 is 0.929. The second kappa shape index (κ2) is 8.57. The highest BCUT2D eigenvalue weighted by Crippen LogP contribution is 2.60.